The Hall–Kier alpha value is -0.153. The fourth-order valence-corrected chi connectivity index (χ4v) is 6.17. The number of carbonyl (C=O) groups excluding carboxylic acids is 2. The first-order chi connectivity index (χ1) is 8.81. The van der Waals surface area contributed by atoms with Crippen LogP contribution in [-0.2, 0) is 4.79 Å². The molecule has 2 atom stereocenters. The molecular formula is C11H20F3NO2S2Si. The van der Waals surface area contributed by atoms with Crippen molar-refractivity contribution in [2.45, 2.75) is 56.5 Å². The topological polar surface area (TPSA) is 46.2 Å². The SMILES string of the molecule is CC(=O)NC(CC(C[Si](C)(C)C)SC(=O)S)C(F)(F)F. The number of rotatable bonds is 6. The molecule has 0 bridgehead atoms. The van der Waals surface area contributed by atoms with E-state index < -0.39 is 35.9 Å². The lowest BCUT2D eigenvalue weighted by molar-refractivity contribution is -0.162. The maximum absolute atomic E-state index is 12.9. The van der Waals surface area contributed by atoms with Crippen molar-refractivity contribution >= 4 is 42.8 Å². The molecule has 0 fully saturated rings. The molecule has 0 aliphatic heterocycles. The lowest BCUT2D eigenvalue weighted by atomic mass is 10.1. The van der Waals surface area contributed by atoms with Crippen LogP contribution in [0.5, 0.6) is 0 Å². The van der Waals surface area contributed by atoms with Crippen molar-refractivity contribution in [2.24, 2.45) is 0 Å². The molecule has 0 rings (SSSR count). The molecule has 20 heavy (non-hydrogen) atoms. The zero-order valence-corrected chi connectivity index (χ0v) is 14.6. The normalized spacial score (nSPS) is 15.6. The van der Waals surface area contributed by atoms with Crippen LogP contribution in [0.3, 0.4) is 0 Å². The van der Waals surface area contributed by atoms with Gasteiger partial charge in [-0.3, -0.25) is 9.59 Å². The van der Waals surface area contributed by atoms with Crippen molar-refractivity contribution < 1.29 is 22.8 Å². The number of hydrogen-bond donors (Lipinski definition) is 2. The Morgan fingerprint density at radius 3 is 2.10 bits per heavy atom. The Morgan fingerprint density at radius 1 is 1.30 bits per heavy atom. The Kier molecular flexibility index (Phi) is 7.68. The van der Waals surface area contributed by atoms with E-state index in [-0.39, 0.29) is 6.42 Å². The summed E-state index contributed by atoms with van der Waals surface area (Å²) in [5, 5.41) is 1.42. The van der Waals surface area contributed by atoms with Crippen molar-refractivity contribution in [3.63, 3.8) is 0 Å². The monoisotopic (exact) mass is 347 g/mol. The van der Waals surface area contributed by atoms with Crippen LogP contribution < -0.4 is 5.32 Å². The summed E-state index contributed by atoms with van der Waals surface area (Å²) in [4.78, 5) is 22.0. The highest BCUT2D eigenvalue weighted by atomic mass is 32.2. The Morgan fingerprint density at radius 2 is 1.80 bits per heavy atom. The number of amides is 1. The largest absolute Gasteiger partial charge is 0.408 e. The molecular weight excluding hydrogens is 327 g/mol. The summed E-state index contributed by atoms with van der Waals surface area (Å²) in [5.74, 6) is -0.735. The zero-order chi connectivity index (χ0) is 16.1. The van der Waals surface area contributed by atoms with Crippen molar-refractivity contribution in [1.29, 1.82) is 0 Å². The maximum Gasteiger partial charge on any atom is 0.408 e. The van der Waals surface area contributed by atoms with Gasteiger partial charge >= 0.3 is 6.18 Å². The highest BCUT2D eigenvalue weighted by Gasteiger charge is 2.42. The van der Waals surface area contributed by atoms with Gasteiger partial charge in [-0.05, 0) is 12.5 Å². The number of alkyl halides is 3. The summed E-state index contributed by atoms with van der Waals surface area (Å²) in [6.07, 6.45) is -4.84. The van der Waals surface area contributed by atoms with Gasteiger partial charge in [-0.15, -0.1) is 0 Å². The summed E-state index contributed by atoms with van der Waals surface area (Å²) in [7, 11) is -1.64. The summed E-state index contributed by atoms with van der Waals surface area (Å²) < 4.78 is 38.2. The van der Waals surface area contributed by atoms with Gasteiger partial charge in [0.2, 0.25) is 10.4 Å². The molecule has 0 heterocycles. The average molecular weight is 347 g/mol. The molecule has 0 radical (unpaired) electrons. The molecule has 0 aliphatic carbocycles. The second-order valence-electron chi connectivity index (χ2n) is 5.80. The van der Waals surface area contributed by atoms with E-state index in [0.29, 0.717) is 6.04 Å². The van der Waals surface area contributed by atoms with Crippen LogP contribution >= 0.6 is 24.4 Å². The minimum atomic E-state index is -4.52. The van der Waals surface area contributed by atoms with E-state index in [9.17, 15) is 22.8 Å². The molecule has 0 aromatic rings. The summed E-state index contributed by atoms with van der Waals surface area (Å²) in [6.45, 7) is 7.10. The zero-order valence-electron chi connectivity index (χ0n) is 11.9. The highest BCUT2D eigenvalue weighted by molar-refractivity contribution is 8.32. The molecule has 9 heteroatoms. The Bertz CT molecular complexity index is 359. The van der Waals surface area contributed by atoms with E-state index in [1.54, 1.807) is 0 Å². The average Bonchev–Trinajstić information content (AvgIpc) is 2.09. The van der Waals surface area contributed by atoms with Crippen molar-refractivity contribution in [2.75, 3.05) is 0 Å². The fourth-order valence-electron chi connectivity index (χ4n) is 1.78. The van der Waals surface area contributed by atoms with Crippen LogP contribution in [0.25, 0.3) is 0 Å². The van der Waals surface area contributed by atoms with Crippen molar-refractivity contribution in [1.82, 2.24) is 5.32 Å². The van der Waals surface area contributed by atoms with Gasteiger partial charge in [-0.2, -0.15) is 13.2 Å². The van der Waals surface area contributed by atoms with E-state index in [2.05, 4.69) is 12.6 Å². The summed E-state index contributed by atoms with van der Waals surface area (Å²) in [5.41, 5.74) is 0. The molecule has 1 amide bonds. The van der Waals surface area contributed by atoms with Crippen LogP contribution in [0.4, 0.5) is 18.0 Å². The molecule has 0 aliphatic rings. The van der Waals surface area contributed by atoms with Gasteiger partial charge in [0.25, 0.3) is 0 Å². The van der Waals surface area contributed by atoms with Crippen molar-refractivity contribution in [3.05, 3.63) is 0 Å². The third-order valence-electron chi connectivity index (χ3n) is 2.38. The number of halogens is 3. The molecule has 0 saturated heterocycles. The van der Waals surface area contributed by atoms with Crippen LogP contribution in [-0.4, -0.2) is 35.9 Å². The smallest absolute Gasteiger partial charge is 0.345 e. The molecule has 3 nitrogen and oxygen atoms in total. The van der Waals surface area contributed by atoms with Gasteiger partial charge in [0.05, 0.1) is 0 Å². The lowest BCUT2D eigenvalue weighted by Crippen LogP contribution is -2.46. The van der Waals surface area contributed by atoms with Crippen molar-refractivity contribution in [3.8, 4) is 0 Å². The minimum absolute atomic E-state index is 0.315. The molecule has 2 unspecified atom stereocenters. The van der Waals surface area contributed by atoms with Gasteiger partial charge in [0.15, 0.2) is 0 Å². The van der Waals surface area contributed by atoms with E-state index in [4.69, 9.17) is 0 Å². The Labute approximate surface area is 127 Å². The maximum atomic E-state index is 12.9. The standard InChI is InChI=1S/C11H20F3NO2S2Si/c1-7(16)15-9(11(12,13)14)5-8(19-10(17)18)6-20(2,3)4/h8-9H,5-6H2,1-4H3,(H,15,16)(H,17,18). The van der Waals surface area contributed by atoms with Crippen LogP contribution in [0, 0.1) is 0 Å². The van der Waals surface area contributed by atoms with E-state index in [0.717, 1.165) is 18.7 Å². The van der Waals surface area contributed by atoms with Gasteiger partial charge < -0.3 is 5.32 Å². The number of thiol groups is 1. The lowest BCUT2D eigenvalue weighted by Gasteiger charge is -2.28. The van der Waals surface area contributed by atoms with Gasteiger partial charge in [-0.1, -0.05) is 44.0 Å². The van der Waals surface area contributed by atoms with Gasteiger partial charge in [-0.25, -0.2) is 0 Å². The molecule has 0 spiro atoms. The van der Waals surface area contributed by atoms with Crippen LogP contribution in [0.1, 0.15) is 13.3 Å². The molecule has 118 valence electrons. The quantitative estimate of drug-likeness (QED) is 0.565. The minimum Gasteiger partial charge on any atom is -0.345 e. The van der Waals surface area contributed by atoms with Crippen LogP contribution in [0.15, 0.2) is 0 Å². The van der Waals surface area contributed by atoms with Gasteiger partial charge in [0.1, 0.15) is 6.04 Å². The Balaban J connectivity index is 4.96. The predicted octanol–water partition coefficient (Wildman–Crippen LogP) is 3.93. The molecule has 0 aromatic heterocycles. The fraction of sp³-hybridized carbons (Fsp3) is 0.818. The van der Waals surface area contributed by atoms with E-state index in [1.165, 1.54) is 0 Å². The number of carbonyl (C=O) groups is 2. The first-order valence-electron chi connectivity index (χ1n) is 6.04. The second kappa shape index (κ2) is 7.74. The van der Waals surface area contributed by atoms with Gasteiger partial charge in [0, 0.05) is 20.2 Å². The number of thioether (sulfide) groups is 1. The number of hydrogen-bond acceptors (Lipinski definition) is 3. The van der Waals surface area contributed by atoms with E-state index in [1.807, 2.05) is 25.0 Å². The first-order valence-corrected chi connectivity index (χ1v) is 11.1. The van der Waals surface area contributed by atoms with Crippen LogP contribution in [0.2, 0.25) is 25.7 Å². The predicted molar refractivity (Wildman–Crippen MR) is 82.2 cm³/mol. The molecule has 1 N–H and O–H groups in total. The third-order valence-corrected chi connectivity index (χ3v) is 5.60. The summed E-state index contributed by atoms with van der Waals surface area (Å²) in [6, 6.07) is -1.38. The third kappa shape index (κ3) is 9.70. The molecule has 0 aromatic carbocycles. The molecule has 0 saturated carbocycles. The highest BCUT2D eigenvalue weighted by Crippen LogP contribution is 2.32. The first kappa shape index (κ1) is 19.8. The second-order valence-corrected chi connectivity index (χ2v) is 13.3. The number of nitrogens with one attached hydrogen (secondary N) is 1. The summed E-state index contributed by atoms with van der Waals surface area (Å²) >= 11 is 4.43. The van der Waals surface area contributed by atoms with E-state index >= 15 is 0 Å².